The molecule has 1 N–H and O–H groups in total. The summed E-state index contributed by atoms with van der Waals surface area (Å²) >= 11 is 0. The van der Waals surface area contributed by atoms with Crippen molar-refractivity contribution >= 4 is 16.7 Å². The van der Waals surface area contributed by atoms with E-state index >= 15 is 0 Å². The first kappa shape index (κ1) is 13.5. The highest BCUT2D eigenvalue weighted by Crippen LogP contribution is 2.17. The highest BCUT2D eigenvalue weighted by atomic mass is 19.1. The molecule has 1 aromatic heterocycles. The Labute approximate surface area is 122 Å². The predicted octanol–water partition coefficient (Wildman–Crippen LogP) is 3.81. The van der Waals surface area contributed by atoms with Gasteiger partial charge in [0, 0.05) is 24.1 Å². The average Bonchev–Trinajstić information content (AvgIpc) is 2.47. The van der Waals surface area contributed by atoms with Crippen LogP contribution in [0.15, 0.2) is 54.9 Å². The van der Waals surface area contributed by atoms with E-state index in [1.807, 2.05) is 24.3 Å². The van der Waals surface area contributed by atoms with Crippen molar-refractivity contribution < 1.29 is 4.39 Å². The van der Waals surface area contributed by atoms with Crippen molar-refractivity contribution in [2.24, 2.45) is 0 Å². The zero-order valence-electron chi connectivity index (χ0n) is 11.8. The van der Waals surface area contributed by atoms with Gasteiger partial charge in [-0.1, -0.05) is 12.1 Å². The molecule has 1 heterocycles. The quantitative estimate of drug-likeness (QED) is 0.790. The SMILES string of the molecule is CC(Cc1cccc(F)c1)Nc1ccc2nccnc2c1. The number of rotatable bonds is 4. The highest BCUT2D eigenvalue weighted by molar-refractivity contribution is 5.78. The number of nitrogens with zero attached hydrogens (tertiary/aromatic N) is 2. The van der Waals surface area contributed by atoms with Gasteiger partial charge in [0.15, 0.2) is 0 Å². The van der Waals surface area contributed by atoms with Crippen LogP contribution in [-0.4, -0.2) is 16.0 Å². The maximum Gasteiger partial charge on any atom is 0.123 e. The molecule has 0 saturated carbocycles. The summed E-state index contributed by atoms with van der Waals surface area (Å²) in [6.45, 7) is 2.08. The summed E-state index contributed by atoms with van der Waals surface area (Å²) < 4.78 is 13.2. The fourth-order valence-corrected chi connectivity index (χ4v) is 2.41. The number of hydrogen-bond acceptors (Lipinski definition) is 3. The largest absolute Gasteiger partial charge is 0.382 e. The molecule has 0 aliphatic heterocycles. The van der Waals surface area contributed by atoms with Crippen LogP contribution in [-0.2, 0) is 6.42 Å². The van der Waals surface area contributed by atoms with Crippen LogP contribution >= 0.6 is 0 Å². The van der Waals surface area contributed by atoms with Crippen molar-refractivity contribution in [3.63, 3.8) is 0 Å². The third kappa shape index (κ3) is 3.34. The van der Waals surface area contributed by atoms with Gasteiger partial charge in [0.25, 0.3) is 0 Å². The van der Waals surface area contributed by atoms with E-state index in [9.17, 15) is 4.39 Å². The molecule has 3 rings (SSSR count). The molecular weight excluding hydrogens is 265 g/mol. The van der Waals surface area contributed by atoms with Gasteiger partial charge in [-0.05, 0) is 49.2 Å². The van der Waals surface area contributed by atoms with E-state index in [1.165, 1.54) is 6.07 Å². The van der Waals surface area contributed by atoms with Crippen LogP contribution in [0.4, 0.5) is 10.1 Å². The van der Waals surface area contributed by atoms with Gasteiger partial charge >= 0.3 is 0 Å². The monoisotopic (exact) mass is 281 g/mol. The van der Waals surface area contributed by atoms with Gasteiger partial charge in [0.2, 0.25) is 0 Å². The molecule has 21 heavy (non-hydrogen) atoms. The number of benzene rings is 2. The molecule has 0 fully saturated rings. The molecule has 0 spiro atoms. The molecule has 1 atom stereocenters. The first-order valence-corrected chi connectivity index (χ1v) is 6.92. The van der Waals surface area contributed by atoms with E-state index in [0.717, 1.165) is 28.7 Å². The maximum absolute atomic E-state index is 13.2. The Morgan fingerprint density at radius 1 is 1.05 bits per heavy atom. The maximum atomic E-state index is 13.2. The second kappa shape index (κ2) is 5.87. The van der Waals surface area contributed by atoms with Crippen LogP contribution in [0, 0.1) is 5.82 Å². The summed E-state index contributed by atoms with van der Waals surface area (Å²) in [6, 6.07) is 12.8. The zero-order chi connectivity index (χ0) is 14.7. The first-order chi connectivity index (χ1) is 10.2. The molecule has 2 aromatic carbocycles. The minimum absolute atomic E-state index is 0.194. The minimum Gasteiger partial charge on any atom is -0.382 e. The Balaban J connectivity index is 1.72. The van der Waals surface area contributed by atoms with E-state index in [2.05, 4.69) is 22.2 Å². The summed E-state index contributed by atoms with van der Waals surface area (Å²) in [5.41, 5.74) is 3.71. The molecule has 106 valence electrons. The van der Waals surface area contributed by atoms with Crippen molar-refractivity contribution in [1.82, 2.24) is 9.97 Å². The topological polar surface area (TPSA) is 37.8 Å². The summed E-state index contributed by atoms with van der Waals surface area (Å²) in [4.78, 5) is 8.54. The molecule has 0 radical (unpaired) electrons. The zero-order valence-corrected chi connectivity index (χ0v) is 11.8. The third-order valence-corrected chi connectivity index (χ3v) is 3.31. The van der Waals surface area contributed by atoms with Crippen LogP contribution in [0.25, 0.3) is 11.0 Å². The van der Waals surface area contributed by atoms with E-state index in [-0.39, 0.29) is 11.9 Å². The average molecular weight is 281 g/mol. The number of fused-ring (bicyclic) bond motifs is 1. The van der Waals surface area contributed by atoms with Crippen molar-refractivity contribution in [3.05, 3.63) is 66.2 Å². The van der Waals surface area contributed by atoms with Crippen LogP contribution < -0.4 is 5.32 Å². The van der Waals surface area contributed by atoms with Gasteiger partial charge in [-0.2, -0.15) is 0 Å². The summed E-state index contributed by atoms with van der Waals surface area (Å²) in [7, 11) is 0. The summed E-state index contributed by atoms with van der Waals surface area (Å²) in [5.74, 6) is -0.194. The predicted molar refractivity (Wildman–Crippen MR) is 82.7 cm³/mol. The van der Waals surface area contributed by atoms with Crippen molar-refractivity contribution in [1.29, 1.82) is 0 Å². The lowest BCUT2D eigenvalue weighted by molar-refractivity contribution is 0.624. The smallest absolute Gasteiger partial charge is 0.123 e. The number of anilines is 1. The lowest BCUT2D eigenvalue weighted by atomic mass is 10.1. The van der Waals surface area contributed by atoms with Crippen molar-refractivity contribution in [3.8, 4) is 0 Å². The second-order valence-electron chi connectivity index (χ2n) is 5.14. The molecule has 0 aliphatic rings. The minimum atomic E-state index is -0.194. The second-order valence-corrected chi connectivity index (χ2v) is 5.14. The lowest BCUT2D eigenvalue weighted by Gasteiger charge is -2.15. The van der Waals surface area contributed by atoms with Gasteiger partial charge in [-0.15, -0.1) is 0 Å². The molecule has 3 nitrogen and oxygen atoms in total. The van der Waals surface area contributed by atoms with Gasteiger partial charge in [0.1, 0.15) is 5.82 Å². The molecule has 0 bridgehead atoms. The molecule has 4 heteroatoms. The van der Waals surface area contributed by atoms with Gasteiger partial charge in [0.05, 0.1) is 11.0 Å². The lowest BCUT2D eigenvalue weighted by Crippen LogP contribution is -2.18. The molecular formula is C17H16FN3. The first-order valence-electron chi connectivity index (χ1n) is 6.92. The van der Waals surface area contributed by atoms with Crippen LogP contribution in [0.2, 0.25) is 0 Å². The van der Waals surface area contributed by atoms with E-state index < -0.39 is 0 Å². The number of hydrogen-bond donors (Lipinski definition) is 1. The molecule has 0 aliphatic carbocycles. The Kier molecular flexibility index (Phi) is 3.77. The van der Waals surface area contributed by atoms with Gasteiger partial charge in [-0.25, -0.2) is 4.39 Å². The Hall–Kier alpha value is -2.49. The number of aromatic nitrogens is 2. The summed E-state index contributed by atoms with van der Waals surface area (Å²) in [5, 5.41) is 3.41. The standard InChI is InChI=1S/C17H16FN3/c1-12(9-13-3-2-4-14(18)10-13)21-15-5-6-16-17(11-15)20-8-7-19-16/h2-8,10-12,21H,9H2,1H3. The highest BCUT2D eigenvalue weighted by Gasteiger charge is 2.05. The van der Waals surface area contributed by atoms with Gasteiger partial charge < -0.3 is 5.32 Å². The molecule has 0 amide bonds. The molecule has 3 aromatic rings. The Bertz CT molecular complexity index is 758. The number of halogens is 1. The van der Waals surface area contributed by atoms with E-state index in [1.54, 1.807) is 24.5 Å². The van der Waals surface area contributed by atoms with E-state index in [4.69, 9.17) is 0 Å². The van der Waals surface area contributed by atoms with Crippen LogP contribution in [0.5, 0.6) is 0 Å². The number of nitrogens with one attached hydrogen (secondary N) is 1. The molecule has 0 saturated heterocycles. The Morgan fingerprint density at radius 2 is 1.86 bits per heavy atom. The fourth-order valence-electron chi connectivity index (χ4n) is 2.41. The van der Waals surface area contributed by atoms with Crippen LogP contribution in [0.1, 0.15) is 12.5 Å². The van der Waals surface area contributed by atoms with Gasteiger partial charge in [-0.3, -0.25) is 9.97 Å². The normalized spacial score (nSPS) is 12.3. The van der Waals surface area contributed by atoms with E-state index in [0.29, 0.717) is 0 Å². The third-order valence-electron chi connectivity index (χ3n) is 3.31. The summed E-state index contributed by atoms with van der Waals surface area (Å²) in [6.07, 6.45) is 4.13. The van der Waals surface area contributed by atoms with Crippen molar-refractivity contribution in [2.45, 2.75) is 19.4 Å². The molecule has 1 unspecified atom stereocenters. The van der Waals surface area contributed by atoms with Crippen LogP contribution in [0.3, 0.4) is 0 Å². The Morgan fingerprint density at radius 3 is 2.67 bits per heavy atom. The fraction of sp³-hybridized carbons (Fsp3) is 0.176. The van der Waals surface area contributed by atoms with Crippen molar-refractivity contribution in [2.75, 3.05) is 5.32 Å².